The number of amides is 2. The Balaban J connectivity index is 1.74. The molecule has 1 aliphatic heterocycles. The van der Waals surface area contributed by atoms with Crippen molar-refractivity contribution in [3.8, 4) is 11.3 Å². The highest BCUT2D eigenvalue weighted by atomic mass is 35.5. The number of hydrogen-bond donors (Lipinski definition) is 0. The van der Waals surface area contributed by atoms with Gasteiger partial charge < -0.3 is 0 Å². The Morgan fingerprint density at radius 3 is 2.22 bits per heavy atom. The van der Waals surface area contributed by atoms with Crippen molar-refractivity contribution >= 4 is 34.3 Å². The van der Waals surface area contributed by atoms with Crippen LogP contribution in [0, 0.1) is 13.8 Å². The van der Waals surface area contributed by atoms with E-state index >= 15 is 0 Å². The monoisotopic (exact) mass is 441 g/mol. The van der Waals surface area contributed by atoms with Crippen LogP contribution in [0.3, 0.4) is 0 Å². The van der Waals surface area contributed by atoms with Gasteiger partial charge in [-0.15, -0.1) is 0 Å². The molecular formula is C26H20ClN3O2. The number of aryl methyl sites for hydroxylation is 2. The number of imide groups is 1. The number of pyridine rings is 2. The minimum Gasteiger partial charge on any atom is -0.269 e. The van der Waals surface area contributed by atoms with Crippen LogP contribution in [0.4, 0.5) is 0 Å². The van der Waals surface area contributed by atoms with Crippen LogP contribution in [0.2, 0.25) is 5.02 Å². The first-order valence-corrected chi connectivity index (χ1v) is 10.7. The summed E-state index contributed by atoms with van der Waals surface area (Å²) in [4.78, 5) is 37.0. The van der Waals surface area contributed by atoms with Gasteiger partial charge in [0.1, 0.15) is 0 Å². The van der Waals surface area contributed by atoms with Gasteiger partial charge in [0, 0.05) is 28.4 Å². The molecule has 2 amide bonds. The van der Waals surface area contributed by atoms with Crippen LogP contribution in [0.25, 0.3) is 22.2 Å². The minimum atomic E-state index is -0.534. The molecular weight excluding hydrogens is 422 g/mol. The number of carbonyl (C=O) groups excluding carboxylic acids is 2. The number of rotatable bonds is 3. The molecule has 0 radical (unpaired) electrons. The molecule has 6 heteroatoms. The molecule has 0 N–H and O–H groups in total. The maximum absolute atomic E-state index is 13.2. The number of carbonyl (C=O) groups is 2. The molecule has 0 fully saturated rings. The van der Waals surface area contributed by atoms with E-state index in [0.29, 0.717) is 27.4 Å². The summed E-state index contributed by atoms with van der Waals surface area (Å²) in [6, 6.07) is 16.0. The van der Waals surface area contributed by atoms with Gasteiger partial charge >= 0.3 is 0 Å². The second kappa shape index (κ2) is 7.53. The van der Waals surface area contributed by atoms with Gasteiger partial charge in [-0.05, 0) is 68.8 Å². The van der Waals surface area contributed by atoms with Crippen molar-refractivity contribution in [3.63, 3.8) is 0 Å². The third kappa shape index (κ3) is 3.09. The number of aromatic nitrogens is 2. The van der Waals surface area contributed by atoms with Gasteiger partial charge in [-0.2, -0.15) is 0 Å². The van der Waals surface area contributed by atoms with Crippen molar-refractivity contribution in [2.45, 2.75) is 26.8 Å². The largest absolute Gasteiger partial charge is 0.269 e. The Hall–Kier alpha value is -3.57. The van der Waals surface area contributed by atoms with Crippen LogP contribution in [0.15, 0.2) is 60.8 Å². The summed E-state index contributed by atoms with van der Waals surface area (Å²) in [5.41, 5.74) is 5.61. The smallest absolute Gasteiger partial charge is 0.262 e. The lowest BCUT2D eigenvalue weighted by molar-refractivity contribution is 0.0595. The third-order valence-electron chi connectivity index (χ3n) is 5.97. The van der Waals surface area contributed by atoms with Crippen LogP contribution < -0.4 is 0 Å². The predicted octanol–water partition coefficient (Wildman–Crippen LogP) is 5.92. The Bertz CT molecular complexity index is 1400. The van der Waals surface area contributed by atoms with E-state index in [1.807, 2.05) is 51.1 Å². The molecule has 0 aliphatic carbocycles. The second-order valence-electron chi connectivity index (χ2n) is 8.08. The highest BCUT2D eigenvalue weighted by Gasteiger charge is 2.39. The standard InChI is InChI=1S/C26H20ClN3O2/c1-14-11-17-13-21(16(3)30-25(31)19-7-4-5-8-20(19)26(30)32)24(29-23(17)22(27)12-14)18-9-6-10-28-15(18)2/h4-13,16H,1-3H3. The zero-order valence-corrected chi connectivity index (χ0v) is 18.6. The number of fused-ring (bicyclic) bond motifs is 2. The molecule has 0 saturated heterocycles. The number of hydrogen-bond acceptors (Lipinski definition) is 4. The van der Waals surface area contributed by atoms with Crippen LogP contribution in [0.1, 0.15) is 50.5 Å². The van der Waals surface area contributed by atoms with Crippen molar-refractivity contribution in [1.29, 1.82) is 0 Å². The molecule has 0 spiro atoms. The Kier molecular flexibility index (Phi) is 4.79. The van der Waals surface area contributed by atoms with Gasteiger partial charge in [-0.25, -0.2) is 4.98 Å². The molecule has 4 aromatic rings. The lowest BCUT2D eigenvalue weighted by Gasteiger charge is -2.25. The lowest BCUT2D eigenvalue weighted by atomic mass is 9.96. The van der Waals surface area contributed by atoms with Gasteiger partial charge in [-0.3, -0.25) is 19.5 Å². The maximum atomic E-state index is 13.2. The summed E-state index contributed by atoms with van der Waals surface area (Å²) in [5, 5.41) is 1.42. The van der Waals surface area contributed by atoms with E-state index in [9.17, 15) is 9.59 Å². The van der Waals surface area contributed by atoms with Gasteiger partial charge in [-0.1, -0.05) is 23.7 Å². The molecule has 5 rings (SSSR count). The van der Waals surface area contributed by atoms with E-state index in [1.54, 1.807) is 30.5 Å². The highest BCUT2D eigenvalue weighted by molar-refractivity contribution is 6.35. The third-order valence-corrected chi connectivity index (χ3v) is 6.26. The van der Waals surface area contributed by atoms with Crippen LogP contribution >= 0.6 is 11.6 Å². The van der Waals surface area contributed by atoms with Crippen molar-refractivity contribution in [2.24, 2.45) is 0 Å². The minimum absolute atomic E-state index is 0.297. The SMILES string of the molecule is Cc1cc(Cl)c2nc(-c3cccnc3C)c(C(C)N3C(=O)c4ccccc4C3=O)cc2c1. The summed E-state index contributed by atoms with van der Waals surface area (Å²) in [6.07, 6.45) is 1.73. The first-order chi connectivity index (χ1) is 15.4. The predicted molar refractivity (Wildman–Crippen MR) is 125 cm³/mol. The fraction of sp³-hybridized carbons (Fsp3) is 0.154. The first-order valence-electron chi connectivity index (χ1n) is 10.4. The Morgan fingerprint density at radius 2 is 1.56 bits per heavy atom. The zero-order chi connectivity index (χ0) is 22.6. The summed E-state index contributed by atoms with van der Waals surface area (Å²) >= 11 is 6.53. The highest BCUT2D eigenvalue weighted by Crippen LogP contribution is 2.38. The van der Waals surface area contributed by atoms with Crippen molar-refractivity contribution < 1.29 is 9.59 Å². The van der Waals surface area contributed by atoms with Crippen molar-refractivity contribution in [1.82, 2.24) is 14.9 Å². The van der Waals surface area contributed by atoms with Gasteiger partial charge in [0.05, 0.1) is 33.4 Å². The average Bonchev–Trinajstić information content (AvgIpc) is 3.03. The molecule has 1 atom stereocenters. The number of benzene rings is 2. The first kappa shape index (κ1) is 20.3. The molecule has 0 bridgehead atoms. The Labute approximate surface area is 190 Å². The van der Waals surface area contributed by atoms with E-state index in [1.165, 1.54) is 4.90 Å². The number of nitrogens with zero attached hydrogens (tertiary/aromatic N) is 3. The van der Waals surface area contributed by atoms with Crippen LogP contribution in [0.5, 0.6) is 0 Å². The van der Waals surface area contributed by atoms with Gasteiger partial charge in [0.15, 0.2) is 0 Å². The van der Waals surface area contributed by atoms with Crippen molar-refractivity contribution in [3.05, 3.63) is 93.8 Å². The molecule has 3 heterocycles. The summed E-state index contributed by atoms with van der Waals surface area (Å²) in [6.45, 7) is 5.74. The summed E-state index contributed by atoms with van der Waals surface area (Å²) in [5.74, 6) is -0.594. The molecule has 1 aliphatic rings. The molecule has 0 saturated carbocycles. The quantitative estimate of drug-likeness (QED) is 0.370. The average molecular weight is 442 g/mol. The van der Waals surface area contributed by atoms with Crippen LogP contribution in [-0.2, 0) is 0 Å². The molecule has 5 nitrogen and oxygen atoms in total. The van der Waals surface area contributed by atoms with E-state index in [4.69, 9.17) is 16.6 Å². The molecule has 2 aromatic heterocycles. The molecule has 32 heavy (non-hydrogen) atoms. The fourth-order valence-electron chi connectivity index (χ4n) is 4.37. The fourth-order valence-corrected chi connectivity index (χ4v) is 4.69. The van der Waals surface area contributed by atoms with Gasteiger partial charge in [0.2, 0.25) is 0 Å². The molecule has 2 aromatic carbocycles. The van der Waals surface area contributed by atoms with E-state index in [2.05, 4.69) is 4.98 Å². The Morgan fingerprint density at radius 1 is 0.906 bits per heavy atom. The molecule has 158 valence electrons. The van der Waals surface area contributed by atoms with E-state index in [-0.39, 0.29) is 11.8 Å². The van der Waals surface area contributed by atoms with Crippen molar-refractivity contribution in [2.75, 3.05) is 0 Å². The van der Waals surface area contributed by atoms with Crippen LogP contribution in [-0.4, -0.2) is 26.7 Å². The van der Waals surface area contributed by atoms with E-state index in [0.717, 1.165) is 27.8 Å². The van der Waals surface area contributed by atoms with Gasteiger partial charge in [0.25, 0.3) is 11.8 Å². The van der Waals surface area contributed by atoms with E-state index < -0.39 is 6.04 Å². The zero-order valence-electron chi connectivity index (χ0n) is 17.9. The maximum Gasteiger partial charge on any atom is 0.262 e. The number of halogens is 1. The lowest BCUT2D eigenvalue weighted by Crippen LogP contribution is -2.33. The summed E-state index contributed by atoms with van der Waals surface area (Å²) < 4.78 is 0. The normalized spacial score (nSPS) is 14.2. The topological polar surface area (TPSA) is 63.2 Å². The molecule has 1 unspecified atom stereocenters. The summed E-state index contributed by atoms with van der Waals surface area (Å²) in [7, 11) is 0. The second-order valence-corrected chi connectivity index (χ2v) is 8.49.